The molecule has 152 valence electrons. The number of halogens is 1. The molecule has 2 aliphatic rings. The molecule has 5 rings (SSSR count). The number of hydrogen-bond donors (Lipinski definition) is 1. The number of hydrogen-bond acceptors (Lipinski definition) is 5. The summed E-state index contributed by atoms with van der Waals surface area (Å²) in [5.74, 6) is 0.637. The Labute approximate surface area is 172 Å². The highest BCUT2D eigenvalue weighted by Gasteiger charge is 2.35. The SMILES string of the molecule is O=C(C[C@@H](c1ccc(C2CC2)c(F)c1)C1CC1)c1cc(=O)[nH]c(-c2ncccn2)n1. The van der Waals surface area contributed by atoms with Crippen molar-refractivity contribution in [3.63, 3.8) is 0 Å². The fourth-order valence-corrected chi connectivity index (χ4v) is 3.99. The zero-order chi connectivity index (χ0) is 20.7. The molecule has 0 aliphatic heterocycles. The minimum atomic E-state index is -0.432. The fraction of sp³-hybridized carbons (Fsp3) is 0.348. The van der Waals surface area contributed by atoms with Crippen LogP contribution in [-0.2, 0) is 0 Å². The van der Waals surface area contributed by atoms with Gasteiger partial charge in [0, 0.05) is 24.9 Å². The molecule has 1 N–H and O–H groups in total. The van der Waals surface area contributed by atoms with Crippen molar-refractivity contribution in [1.29, 1.82) is 0 Å². The molecule has 0 radical (unpaired) electrons. The summed E-state index contributed by atoms with van der Waals surface area (Å²) in [4.78, 5) is 40.1. The summed E-state index contributed by atoms with van der Waals surface area (Å²) in [6, 6.07) is 8.29. The molecule has 30 heavy (non-hydrogen) atoms. The fourth-order valence-electron chi connectivity index (χ4n) is 3.99. The van der Waals surface area contributed by atoms with E-state index in [2.05, 4.69) is 19.9 Å². The van der Waals surface area contributed by atoms with Gasteiger partial charge in [-0.25, -0.2) is 19.3 Å². The van der Waals surface area contributed by atoms with Crippen molar-refractivity contribution in [2.75, 3.05) is 0 Å². The molecule has 0 saturated heterocycles. The monoisotopic (exact) mass is 404 g/mol. The normalized spacial score (nSPS) is 17.0. The number of Topliss-reactive ketones (excluding diaryl/α,β-unsaturated/α-hetero) is 1. The number of carbonyl (C=O) groups is 1. The van der Waals surface area contributed by atoms with Crippen LogP contribution in [0.5, 0.6) is 0 Å². The first-order valence-corrected chi connectivity index (χ1v) is 10.3. The van der Waals surface area contributed by atoms with E-state index in [1.54, 1.807) is 24.5 Å². The number of aromatic amines is 1. The van der Waals surface area contributed by atoms with Gasteiger partial charge < -0.3 is 4.98 Å². The van der Waals surface area contributed by atoms with Gasteiger partial charge in [0.25, 0.3) is 5.56 Å². The number of nitrogens with one attached hydrogen (secondary N) is 1. The summed E-state index contributed by atoms with van der Waals surface area (Å²) in [6.45, 7) is 0. The van der Waals surface area contributed by atoms with Crippen LogP contribution in [0.2, 0.25) is 0 Å². The summed E-state index contributed by atoms with van der Waals surface area (Å²) >= 11 is 0. The van der Waals surface area contributed by atoms with Crippen LogP contribution < -0.4 is 5.56 Å². The van der Waals surface area contributed by atoms with Crippen LogP contribution in [0.3, 0.4) is 0 Å². The Balaban J connectivity index is 1.41. The van der Waals surface area contributed by atoms with Gasteiger partial charge in [-0.2, -0.15) is 0 Å². The van der Waals surface area contributed by atoms with Gasteiger partial charge in [0.1, 0.15) is 11.5 Å². The van der Waals surface area contributed by atoms with Gasteiger partial charge in [0.2, 0.25) is 0 Å². The first-order chi connectivity index (χ1) is 14.6. The first-order valence-electron chi connectivity index (χ1n) is 10.3. The van der Waals surface area contributed by atoms with E-state index < -0.39 is 5.56 Å². The van der Waals surface area contributed by atoms with Gasteiger partial charge in [-0.05, 0) is 66.7 Å². The molecule has 0 bridgehead atoms. The van der Waals surface area contributed by atoms with Crippen LogP contribution in [-0.4, -0.2) is 25.7 Å². The first kappa shape index (κ1) is 18.8. The standard InChI is InChI=1S/C23H21FN4O2/c24-18-10-15(6-7-16(18)13-2-3-13)17(14-4-5-14)11-20(29)19-12-21(30)28-23(27-19)22-25-8-1-9-26-22/h1,6-10,12-14,17H,2-5,11H2,(H,27,28,30)/t17-/m1/s1. The number of ketones is 1. The maximum Gasteiger partial charge on any atom is 0.251 e. The zero-order valence-corrected chi connectivity index (χ0v) is 16.3. The number of rotatable bonds is 7. The maximum atomic E-state index is 14.6. The summed E-state index contributed by atoms with van der Waals surface area (Å²) < 4.78 is 14.6. The van der Waals surface area contributed by atoms with Gasteiger partial charge >= 0.3 is 0 Å². The van der Waals surface area contributed by atoms with E-state index in [-0.39, 0.29) is 41.3 Å². The van der Waals surface area contributed by atoms with Crippen LogP contribution >= 0.6 is 0 Å². The molecular formula is C23H21FN4O2. The van der Waals surface area contributed by atoms with Crippen molar-refractivity contribution >= 4 is 5.78 Å². The second-order valence-electron chi connectivity index (χ2n) is 8.18. The largest absolute Gasteiger partial charge is 0.304 e. The van der Waals surface area contributed by atoms with Gasteiger partial charge in [0.15, 0.2) is 17.4 Å². The second-order valence-corrected chi connectivity index (χ2v) is 8.18. The summed E-state index contributed by atoms with van der Waals surface area (Å²) in [7, 11) is 0. The third-order valence-electron chi connectivity index (χ3n) is 5.87. The highest BCUT2D eigenvalue weighted by Crippen LogP contribution is 2.46. The lowest BCUT2D eigenvalue weighted by atomic mass is 9.87. The predicted molar refractivity (Wildman–Crippen MR) is 109 cm³/mol. The molecule has 6 nitrogen and oxygen atoms in total. The topological polar surface area (TPSA) is 88.6 Å². The third kappa shape index (κ3) is 3.92. The molecule has 0 spiro atoms. The minimum absolute atomic E-state index is 0.0715. The molecule has 1 atom stereocenters. The molecule has 2 aromatic heterocycles. The van der Waals surface area contributed by atoms with Crippen LogP contribution in [0.25, 0.3) is 11.6 Å². The van der Waals surface area contributed by atoms with E-state index in [9.17, 15) is 14.0 Å². The smallest absolute Gasteiger partial charge is 0.251 e. The van der Waals surface area contributed by atoms with Crippen molar-refractivity contribution < 1.29 is 9.18 Å². The Hall–Kier alpha value is -3.22. The Kier molecular flexibility index (Phi) is 4.73. The Morgan fingerprint density at radius 3 is 2.57 bits per heavy atom. The quantitative estimate of drug-likeness (QED) is 0.601. The summed E-state index contributed by atoms with van der Waals surface area (Å²) in [5, 5.41) is 0. The molecule has 0 unspecified atom stereocenters. The van der Waals surface area contributed by atoms with Gasteiger partial charge in [0.05, 0.1) is 0 Å². The maximum absolute atomic E-state index is 14.6. The van der Waals surface area contributed by atoms with Crippen LogP contribution in [0.1, 0.15) is 65.6 Å². The molecule has 1 aromatic carbocycles. The lowest BCUT2D eigenvalue weighted by Crippen LogP contribution is -2.17. The highest BCUT2D eigenvalue weighted by molar-refractivity contribution is 5.95. The average molecular weight is 404 g/mol. The van der Waals surface area contributed by atoms with Gasteiger partial charge in [-0.15, -0.1) is 0 Å². The van der Waals surface area contributed by atoms with Gasteiger partial charge in [-0.1, -0.05) is 12.1 Å². The number of benzene rings is 1. The van der Waals surface area contributed by atoms with Crippen molar-refractivity contribution in [2.24, 2.45) is 5.92 Å². The van der Waals surface area contributed by atoms with E-state index in [1.165, 1.54) is 6.07 Å². The van der Waals surface area contributed by atoms with Crippen molar-refractivity contribution in [2.45, 2.75) is 43.9 Å². The minimum Gasteiger partial charge on any atom is -0.304 e. The summed E-state index contributed by atoms with van der Waals surface area (Å²) in [6.07, 6.45) is 7.41. The third-order valence-corrected chi connectivity index (χ3v) is 5.87. The second kappa shape index (κ2) is 7.55. The van der Waals surface area contributed by atoms with Crippen LogP contribution in [0, 0.1) is 11.7 Å². The number of H-pyrrole nitrogens is 1. The summed E-state index contributed by atoms with van der Waals surface area (Å²) in [5.41, 5.74) is 1.29. The van der Waals surface area contributed by atoms with Crippen molar-refractivity contribution in [3.05, 3.63) is 75.7 Å². The number of aromatic nitrogens is 4. The molecule has 2 saturated carbocycles. The Morgan fingerprint density at radius 2 is 1.90 bits per heavy atom. The molecule has 2 heterocycles. The van der Waals surface area contributed by atoms with Crippen LogP contribution in [0.4, 0.5) is 4.39 Å². The predicted octanol–water partition coefficient (Wildman–Crippen LogP) is 4.01. The van der Waals surface area contributed by atoms with Crippen LogP contribution in [0.15, 0.2) is 47.5 Å². The van der Waals surface area contributed by atoms with E-state index in [0.717, 1.165) is 36.8 Å². The zero-order valence-electron chi connectivity index (χ0n) is 16.3. The molecule has 2 fully saturated rings. The molecular weight excluding hydrogens is 383 g/mol. The highest BCUT2D eigenvalue weighted by atomic mass is 19.1. The van der Waals surface area contributed by atoms with Crippen molar-refractivity contribution in [3.8, 4) is 11.6 Å². The molecule has 2 aliphatic carbocycles. The Bertz CT molecular complexity index is 1150. The van der Waals surface area contributed by atoms with E-state index in [1.807, 2.05) is 12.1 Å². The van der Waals surface area contributed by atoms with Gasteiger partial charge in [-0.3, -0.25) is 9.59 Å². The lowest BCUT2D eigenvalue weighted by molar-refractivity contribution is 0.0965. The average Bonchev–Trinajstić information content (AvgIpc) is 3.65. The van der Waals surface area contributed by atoms with E-state index >= 15 is 0 Å². The molecule has 0 amide bonds. The number of carbonyl (C=O) groups excluding carboxylic acids is 1. The number of nitrogens with zero attached hydrogens (tertiary/aromatic N) is 3. The lowest BCUT2D eigenvalue weighted by Gasteiger charge is -2.17. The Morgan fingerprint density at radius 1 is 1.13 bits per heavy atom. The molecule has 7 heteroatoms. The van der Waals surface area contributed by atoms with Crippen molar-refractivity contribution in [1.82, 2.24) is 19.9 Å². The van der Waals surface area contributed by atoms with E-state index in [4.69, 9.17) is 0 Å². The van der Waals surface area contributed by atoms with E-state index in [0.29, 0.717) is 11.8 Å². The molecule has 3 aromatic rings.